The number of nitrogens with one attached hydrogen (secondary N) is 4. The van der Waals surface area contributed by atoms with E-state index in [0.29, 0.717) is 5.69 Å². The molecular formula is C20H28N6O11. The van der Waals surface area contributed by atoms with Crippen LogP contribution in [0.1, 0.15) is 37.8 Å². The number of rotatable bonds is 17. The smallest absolute Gasteiger partial charge is 0.326 e. The number of nitrogens with zero attached hydrogens (tertiary/aromatic N) is 1. The first-order valence-corrected chi connectivity index (χ1v) is 10.8. The number of aromatic nitrogens is 2. The summed E-state index contributed by atoms with van der Waals surface area (Å²) < 4.78 is 0. The Morgan fingerprint density at radius 2 is 1.32 bits per heavy atom. The van der Waals surface area contributed by atoms with E-state index >= 15 is 0 Å². The van der Waals surface area contributed by atoms with Gasteiger partial charge in [-0.25, -0.2) is 9.78 Å². The number of aromatic amines is 1. The molecule has 204 valence electrons. The number of imidazole rings is 1. The fourth-order valence-electron chi connectivity index (χ4n) is 2.97. The number of carboxylic acids is 4. The Labute approximate surface area is 208 Å². The lowest BCUT2D eigenvalue weighted by Gasteiger charge is -2.24. The molecule has 4 atom stereocenters. The van der Waals surface area contributed by atoms with Crippen LogP contribution in [-0.4, -0.2) is 96.2 Å². The Balaban J connectivity index is 3.00. The van der Waals surface area contributed by atoms with E-state index in [4.69, 9.17) is 21.1 Å². The maximum absolute atomic E-state index is 12.8. The molecule has 0 spiro atoms. The molecular weight excluding hydrogens is 500 g/mol. The molecule has 0 aliphatic heterocycles. The molecule has 0 aliphatic carbocycles. The molecule has 17 heteroatoms. The van der Waals surface area contributed by atoms with Gasteiger partial charge in [0.1, 0.15) is 18.1 Å². The normalized spacial score (nSPS) is 13.9. The zero-order valence-electron chi connectivity index (χ0n) is 19.4. The minimum Gasteiger partial charge on any atom is -0.481 e. The quantitative estimate of drug-likeness (QED) is 0.0976. The van der Waals surface area contributed by atoms with E-state index in [1.165, 1.54) is 12.5 Å². The number of carbonyl (C=O) groups is 7. The average molecular weight is 528 g/mol. The summed E-state index contributed by atoms with van der Waals surface area (Å²) in [6, 6.07) is -6.24. The number of carboxylic acid groups (broad SMARTS) is 4. The Morgan fingerprint density at radius 3 is 1.84 bits per heavy atom. The summed E-state index contributed by atoms with van der Waals surface area (Å²) in [4.78, 5) is 88.6. The van der Waals surface area contributed by atoms with Crippen LogP contribution < -0.4 is 21.7 Å². The first-order chi connectivity index (χ1) is 17.3. The highest BCUT2D eigenvalue weighted by molar-refractivity contribution is 5.95. The summed E-state index contributed by atoms with van der Waals surface area (Å²) in [7, 11) is 0. The molecule has 0 bridgehead atoms. The standard InChI is InChI=1S/C20H28N6O11/c21-10(1-3-14(27)28)17(33)24-11(2-4-15(29)30)18(34)25-12(6-16(31)32)19(35)26-13(20(36)37)5-9-7-22-8-23-9/h7-8,10-13H,1-6,21H2,(H,22,23)(H,24,33)(H,25,34)(H,26,35)(H,27,28)(H,29,30)(H,31,32)(H,36,37). The topological polar surface area (TPSA) is 291 Å². The van der Waals surface area contributed by atoms with E-state index in [2.05, 4.69) is 25.9 Å². The second-order valence-electron chi connectivity index (χ2n) is 7.87. The van der Waals surface area contributed by atoms with Gasteiger partial charge in [0.15, 0.2) is 0 Å². The largest absolute Gasteiger partial charge is 0.481 e. The van der Waals surface area contributed by atoms with Crippen molar-refractivity contribution in [1.29, 1.82) is 0 Å². The summed E-state index contributed by atoms with van der Waals surface area (Å²) in [5.41, 5.74) is 5.95. The summed E-state index contributed by atoms with van der Waals surface area (Å²) in [6.45, 7) is 0. The van der Waals surface area contributed by atoms with Crippen LogP contribution in [0.4, 0.5) is 0 Å². The molecule has 0 saturated carbocycles. The first kappa shape index (κ1) is 30.5. The third-order valence-electron chi connectivity index (χ3n) is 4.89. The molecule has 0 aromatic carbocycles. The second kappa shape index (κ2) is 14.8. The first-order valence-electron chi connectivity index (χ1n) is 10.8. The molecule has 0 fully saturated rings. The van der Waals surface area contributed by atoms with Crippen molar-refractivity contribution in [2.45, 2.75) is 62.7 Å². The van der Waals surface area contributed by atoms with Crippen molar-refractivity contribution in [3.63, 3.8) is 0 Å². The Bertz CT molecular complexity index is 997. The van der Waals surface area contributed by atoms with Crippen LogP contribution in [0.25, 0.3) is 0 Å². The van der Waals surface area contributed by atoms with E-state index in [9.17, 15) is 38.7 Å². The number of amides is 3. The van der Waals surface area contributed by atoms with Crippen LogP contribution in [0.15, 0.2) is 12.5 Å². The van der Waals surface area contributed by atoms with Crippen molar-refractivity contribution < 1.29 is 54.0 Å². The van der Waals surface area contributed by atoms with Crippen LogP contribution >= 0.6 is 0 Å². The molecule has 1 heterocycles. The number of nitrogens with two attached hydrogens (primary N) is 1. The van der Waals surface area contributed by atoms with Crippen LogP contribution in [0, 0.1) is 0 Å². The molecule has 17 nitrogen and oxygen atoms in total. The average Bonchev–Trinajstić information content (AvgIpc) is 3.31. The highest BCUT2D eigenvalue weighted by Gasteiger charge is 2.32. The van der Waals surface area contributed by atoms with Crippen LogP contribution in [0.5, 0.6) is 0 Å². The monoisotopic (exact) mass is 528 g/mol. The molecule has 0 radical (unpaired) electrons. The van der Waals surface area contributed by atoms with Crippen molar-refractivity contribution in [2.75, 3.05) is 0 Å². The van der Waals surface area contributed by atoms with Gasteiger partial charge in [0.25, 0.3) is 0 Å². The third-order valence-corrected chi connectivity index (χ3v) is 4.89. The number of aliphatic carboxylic acids is 4. The molecule has 1 aromatic rings. The number of H-pyrrole nitrogens is 1. The zero-order valence-corrected chi connectivity index (χ0v) is 19.4. The minimum absolute atomic E-state index is 0.236. The van der Waals surface area contributed by atoms with Gasteiger partial charge in [-0.2, -0.15) is 0 Å². The van der Waals surface area contributed by atoms with E-state index in [0.717, 1.165) is 0 Å². The van der Waals surface area contributed by atoms with Gasteiger partial charge in [-0.15, -0.1) is 0 Å². The van der Waals surface area contributed by atoms with E-state index in [1.54, 1.807) is 0 Å². The number of carbonyl (C=O) groups excluding carboxylic acids is 3. The highest BCUT2D eigenvalue weighted by Crippen LogP contribution is 2.05. The maximum Gasteiger partial charge on any atom is 0.326 e. The predicted octanol–water partition coefficient (Wildman–Crippen LogP) is -2.98. The van der Waals surface area contributed by atoms with Crippen LogP contribution in [0.2, 0.25) is 0 Å². The third kappa shape index (κ3) is 11.6. The molecule has 1 rings (SSSR count). The Morgan fingerprint density at radius 1 is 0.784 bits per heavy atom. The molecule has 3 amide bonds. The van der Waals surface area contributed by atoms with Crippen molar-refractivity contribution in [3.8, 4) is 0 Å². The van der Waals surface area contributed by atoms with E-state index in [1.807, 2.05) is 0 Å². The van der Waals surface area contributed by atoms with Crippen molar-refractivity contribution in [3.05, 3.63) is 18.2 Å². The van der Waals surface area contributed by atoms with Gasteiger partial charge < -0.3 is 47.1 Å². The second-order valence-corrected chi connectivity index (χ2v) is 7.87. The van der Waals surface area contributed by atoms with Gasteiger partial charge >= 0.3 is 23.9 Å². The minimum atomic E-state index is -1.79. The van der Waals surface area contributed by atoms with Crippen molar-refractivity contribution in [2.24, 2.45) is 5.73 Å². The maximum atomic E-state index is 12.8. The lowest BCUT2D eigenvalue weighted by Crippen LogP contribution is -2.57. The van der Waals surface area contributed by atoms with Gasteiger partial charge in [0.2, 0.25) is 17.7 Å². The molecule has 1 aromatic heterocycles. The van der Waals surface area contributed by atoms with Gasteiger partial charge in [-0.1, -0.05) is 0 Å². The van der Waals surface area contributed by atoms with E-state index < -0.39 is 91.4 Å². The van der Waals surface area contributed by atoms with E-state index in [-0.39, 0.29) is 12.8 Å². The molecule has 4 unspecified atom stereocenters. The molecule has 0 aliphatic rings. The van der Waals surface area contributed by atoms with Gasteiger partial charge in [0.05, 0.1) is 18.8 Å². The summed E-state index contributed by atoms with van der Waals surface area (Å²) in [6.07, 6.45) is -0.429. The summed E-state index contributed by atoms with van der Waals surface area (Å²) in [5.74, 6) is -8.81. The van der Waals surface area contributed by atoms with Gasteiger partial charge in [-0.3, -0.25) is 28.8 Å². The molecule has 0 saturated heterocycles. The molecule has 10 N–H and O–H groups in total. The Kier molecular flexibility index (Phi) is 12.2. The van der Waals surface area contributed by atoms with Crippen LogP contribution in [-0.2, 0) is 40.0 Å². The highest BCUT2D eigenvalue weighted by atomic mass is 16.4. The summed E-state index contributed by atoms with van der Waals surface area (Å²) >= 11 is 0. The fourth-order valence-corrected chi connectivity index (χ4v) is 2.97. The lowest BCUT2D eigenvalue weighted by molar-refractivity contribution is -0.144. The number of hydrogen-bond donors (Lipinski definition) is 9. The van der Waals surface area contributed by atoms with Gasteiger partial charge in [0, 0.05) is 31.2 Å². The zero-order chi connectivity index (χ0) is 28.1. The SMILES string of the molecule is NC(CCC(=O)O)C(=O)NC(CCC(=O)O)C(=O)NC(CC(=O)O)C(=O)NC(Cc1cnc[nH]1)C(=O)O. The number of hydrogen-bond acceptors (Lipinski definition) is 9. The lowest BCUT2D eigenvalue weighted by atomic mass is 10.1. The van der Waals surface area contributed by atoms with Gasteiger partial charge in [-0.05, 0) is 12.8 Å². The summed E-state index contributed by atoms with van der Waals surface area (Å²) in [5, 5.41) is 42.6. The Hall–Kier alpha value is -4.54. The fraction of sp³-hybridized carbons (Fsp3) is 0.500. The predicted molar refractivity (Wildman–Crippen MR) is 120 cm³/mol. The molecule has 37 heavy (non-hydrogen) atoms. The van der Waals surface area contributed by atoms with Crippen LogP contribution in [0.3, 0.4) is 0 Å². The van der Waals surface area contributed by atoms with Crippen molar-refractivity contribution in [1.82, 2.24) is 25.9 Å². The van der Waals surface area contributed by atoms with Crippen molar-refractivity contribution >= 4 is 41.6 Å².